The molecule has 0 radical (unpaired) electrons. The summed E-state index contributed by atoms with van der Waals surface area (Å²) in [7, 11) is 1.61. The fraction of sp³-hybridized carbons (Fsp3) is 0.566. The minimum absolute atomic E-state index is 0.0245. The molecular weight excluding hydrogens is 865 g/mol. The number of benzene rings is 2. The lowest BCUT2D eigenvalue weighted by Crippen LogP contribution is -2.37. The Morgan fingerprint density at radius 1 is 0.909 bits per heavy atom. The molecule has 2 aromatic carbocycles. The number of nitrogens with zero attached hydrogens (tertiary/aromatic N) is 3. The molecule has 9 nitrogen and oxygen atoms in total. The largest absolute Gasteiger partial charge is 0.508 e. The first kappa shape index (κ1) is 59.5. The van der Waals surface area contributed by atoms with Gasteiger partial charge in [0.15, 0.2) is 17.4 Å². The van der Waals surface area contributed by atoms with Gasteiger partial charge in [-0.2, -0.15) is 13.2 Å². The minimum atomic E-state index is -4.56. The Morgan fingerprint density at radius 2 is 1.52 bits per heavy atom. The highest BCUT2D eigenvalue weighted by molar-refractivity contribution is 6.33. The molecule has 2 aromatic rings. The number of hydrogen-bond acceptors (Lipinski definition) is 6. The first-order valence-electron chi connectivity index (χ1n) is 23.7. The number of aliphatic hydroxyl groups is 1. The highest BCUT2D eigenvalue weighted by Gasteiger charge is 2.44. The van der Waals surface area contributed by atoms with Gasteiger partial charge in [-0.25, -0.2) is 4.99 Å². The van der Waals surface area contributed by atoms with Crippen molar-refractivity contribution in [3.05, 3.63) is 97.9 Å². The van der Waals surface area contributed by atoms with Gasteiger partial charge in [0, 0.05) is 29.5 Å². The molecule has 368 valence electrons. The van der Waals surface area contributed by atoms with Crippen molar-refractivity contribution in [2.75, 3.05) is 18.9 Å². The summed E-state index contributed by atoms with van der Waals surface area (Å²) in [5, 5.41) is 12.4. The van der Waals surface area contributed by atoms with E-state index in [0.29, 0.717) is 48.1 Å². The van der Waals surface area contributed by atoms with Gasteiger partial charge in [-0.05, 0) is 113 Å². The molecule has 13 heteroatoms. The number of alkyl halides is 3. The van der Waals surface area contributed by atoms with Crippen molar-refractivity contribution in [3.63, 3.8) is 0 Å². The monoisotopic (exact) mass is 943 g/mol. The number of Topliss-reactive ketones (excluding diaryl/α,β-unsaturated/α-hetero) is 2. The van der Waals surface area contributed by atoms with Gasteiger partial charge >= 0.3 is 6.18 Å². The Balaban J connectivity index is 0.000000659. The first-order chi connectivity index (χ1) is 31.2. The van der Waals surface area contributed by atoms with Crippen LogP contribution in [-0.2, 0) is 38.5 Å². The number of ketones is 2. The van der Waals surface area contributed by atoms with Crippen molar-refractivity contribution in [2.24, 2.45) is 21.3 Å². The summed E-state index contributed by atoms with van der Waals surface area (Å²) in [5.74, 6) is 0.542. The van der Waals surface area contributed by atoms with Gasteiger partial charge in [0.25, 0.3) is 0 Å². The van der Waals surface area contributed by atoms with Crippen LogP contribution >= 0.6 is 11.6 Å². The number of rotatable bonds is 11. The summed E-state index contributed by atoms with van der Waals surface area (Å²) < 4.78 is 44.5. The SMILES string of the molecule is CC.CC/C(=C(\C)C(C)=O)N(CC(=O)Nc1ccc(C(F)(F)F)cc1Cl)C(C)=NC(=NC)c1ccc2c(c1)COC2.CCC1C(C(C)=O)=C(O)C=C2CCCCC21C.CCCC.CCCC. The zero-order valence-corrected chi connectivity index (χ0v) is 43.0. The molecule has 2 atom stereocenters. The molecule has 0 bridgehead atoms. The van der Waals surface area contributed by atoms with Crippen LogP contribution in [0.4, 0.5) is 18.9 Å². The van der Waals surface area contributed by atoms with Gasteiger partial charge in [-0.1, -0.05) is 124 Å². The molecular formula is C53H78ClF3N4O5. The summed E-state index contributed by atoms with van der Waals surface area (Å²) in [6, 6.07) is 8.52. The van der Waals surface area contributed by atoms with Crippen molar-refractivity contribution in [1.82, 2.24) is 4.90 Å². The summed E-state index contributed by atoms with van der Waals surface area (Å²) >= 11 is 6.03. The third kappa shape index (κ3) is 17.0. The van der Waals surface area contributed by atoms with Crippen LogP contribution in [0.2, 0.25) is 5.02 Å². The van der Waals surface area contributed by atoms with Crippen LogP contribution in [0.5, 0.6) is 0 Å². The van der Waals surface area contributed by atoms with Crippen LogP contribution in [0, 0.1) is 11.3 Å². The number of allylic oxidation sites excluding steroid dienone is 5. The zero-order valence-electron chi connectivity index (χ0n) is 42.2. The lowest BCUT2D eigenvalue weighted by Gasteiger charge is -2.45. The Hall–Kier alpha value is -4.55. The van der Waals surface area contributed by atoms with Crippen LogP contribution in [0.1, 0.15) is 176 Å². The van der Waals surface area contributed by atoms with Crippen molar-refractivity contribution < 1.29 is 37.4 Å². The summed E-state index contributed by atoms with van der Waals surface area (Å²) in [5.41, 5.74) is 5.16. The highest BCUT2D eigenvalue weighted by atomic mass is 35.5. The van der Waals surface area contributed by atoms with E-state index < -0.39 is 17.6 Å². The lowest BCUT2D eigenvalue weighted by atomic mass is 9.58. The average Bonchev–Trinajstić information content (AvgIpc) is 3.77. The molecule has 1 amide bonds. The highest BCUT2D eigenvalue weighted by Crippen LogP contribution is 2.53. The predicted molar refractivity (Wildman–Crippen MR) is 267 cm³/mol. The van der Waals surface area contributed by atoms with Crippen LogP contribution < -0.4 is 5.32 Å². The van der Waals surface area contributed by atoms with Gasteiger partial charge < -0.3 is 20.1 Å². The molecule has 1 heterocycles. The van der Waals surface area contributed by atoms with Gasteiger partial charge in [0.1, 0.15) is 18.1 Å². The number of carbonyl (C=O) groups excluding carboxylic acids is 3. The number of fused-ring (bicyclic) bond motifs is 2. The van der Waals surface area contributed by atoms with Gasteiger partial charge in [-0.15, -0.1) is 0 Å². The van der Waals surface area contributed by atoms with Crippen molar-refractivity contribution in [1.29, 1.82) is 0 Å². The summed E-state index contributed by atoms with van der Waals surface area (Å²) in [6.07, 6.45) is 8.57. The van der Waals surface area contributed by atoms with E-state index in [4.69, 9.17) is 21.3 Å². The number of unbranched alkanes of at least 4 members (excludes halogenated alkanes) is 2. The van der Waals surface area contributed by atoms with E-state index in [0.717, 1.165) is 54.2 Å². The number of halogens is 4. The van der Waals surface area contributed by atoms with Crippen molar-refractivity contribution in [2.45, 2.75) is 174 Å². The van der Waals surface area contributed by atoms with Crippen LogP contribution in [0.3, 0.4) is 0 Å². The van der Waals surface area contributed by atoms with E-state index in [1.54, 1.807) is 32.7 Å². The van der Waals surface area contributed by atoms with Crippen LogP contribution in [0.25, 0.3) is 0 Å². The molecule has 66 heavy (non-hydrogen) atoms. The molecule has 1 fully saturated rings. The Labute approximate surface area is 399 Å². The maximum absolute atomic E-state index is 13.1. The van der Waals surface area contributed by atoms with E-state index in [1.807, 2.05) is 45.0 Å². The second kappa shape index (κ2) is 29.3. The standard InChI is InChI=1S/C28H30ClF3N4O3.C15H22O2.2C4H10.C2H6/c1-6-25(16(2)17(3)37)36(13-26(38)35-24-10-9-22(12-23(24)29)28(30,31)32)18(4)34-27(33-5)19-7-8-20-14-39-15-21(20)11-19;1-4-12-14(10(2)16)13(17)9-11-7-5-6-8-15(11,12)3;2*1-3-4-2;1-2/h7-12H,6,13-15H2,1-5H3,(H,35,38);9,12,17H,4-8H2,1-3H3;2*3-4H2,1-2H3;1-2H3/b25-16-,33-27?,34-18?;;;;. The number of aliphatic hydroxyl groups excluding tert-OH is 1. The molecule has 0 spiro atoms. The Morgan fingerprint density at radius 3 is 2.02 bits per heavy atom. The smallest absolute Gasteiger partial charge is 0.416 e. The zero-order chi connectivity index (χ0) is 50.4. The normalized spacial score (nSPS) is 18.2. The molecule has 5 rings (SSSR count). The first-order valence-corrected chi connectivity index (χ1v) is 24.1. The Kier molecular flexibility index (Phi) is 26.4. The van der Waals surface area contributed by atoms with Gasteiger partial charge in [0.05, 0.1) is 29.5 Å². The van der Waals surface area contributed by atoms with E-state index in [9.17, 15) is 32.7 Å². The van der Waals surface area contributed by atoms with E-state index in [1.165, 1.54) is 51.0 Å². The maximum atomic E-state index is 13.1. The lowest BCUT2D eigenvalue weighted by molar-refractivity contribution is -0.137. The molecule has 0 aromatic heterocycles. The van der Waals surface area contributed by atoms with Crippen LogP contribution in [-0.4, -0.2) is 52.7 Å². The average molecular weight is 944 g/mol. The number of carbonyl (C=O) groups is 3. The molecule has 3 aliphatic rings. The van der Waals surface area contributed by atoms with Crippen LogP contribution in [0.15, 0.2) is 80.6 Å². The summed E-state index contributed by atoms with van der Waals surface area (Å²) in [4.78, 5) is 47.7. The van der Waals surface area contributed by atoms with Gasteiger partial charge in [-0.3, -0.25) is 19.4 Å². The fourth-order valence-electron chi connectivity index (χ4n) is 7.87. The number of amidine groups is 2. The number of ether oxygens (including phenoxy) is 1. The molecule has 0 saturated heterocycles. The second-order valence-electron chi connectivity index (χ2n) is 16.6. The van der Waals surface area contributed by atoms with E-state index >= 15 is 0 Å². The molecule has 1 aliphatic heterocycles. The van der Waals surface area contributed by atoms with E-state index in [-0.39, 0.29) is 45.9 Å². The van der Waals surface area contributed by atoms with Crippen molar-refractivity contribution in [3.8, 4) is 0 Å². The second-order valence-corrected chi connectivity index (χ2v) is 17.0. The number of nitrogens with one attached hydrogen (secondary N) is 1. The predicted octanol–water partition coefficient (Wildman–Crippen LogP) is 15.0. The number of anilines is 1. The fourth-order valence-corrected chi connectivity index (χ4v) is 8.10. The number of amides is 1. The topological polar surface area (TPSA) is 121 Å². The minimum Gasteiger partial charge on any atom is -0.508 e. The molecule has 2 unspecified atom stereocenters. The van der Waals surface area contributed by atoms with Crippen molar-refractivity contribution >= 4 is 46.4 Å². The molecule has 1 saturated carbocycles. The molecule has 2 N–H and O–H groups in total. The third-order valence-corrected chi connectivity index (χ3v) is 12.3. The summed E-state index contributed by atoms with van der Waals surface area (Å²) in [6.45, 7) is 26.1. The van der Waals surface area contributed by atoms with Gasteiger partial charge in [0.2, 0.25) is 5.91 Å². The molecule has 2 aliphatic carbocycles. The Bertz CT molecular complexity index is 2080. The third-order valence-electron chi connectivity index (χ3n) is 12.0. The number of hydrogen-bond donors (Lipinski definition) is 2. The quantitative estimate of drug-likeness (QED) is 0.131. The van der Waals surface area contributed by atoms with E-state index in [2.05, 4.69) is 51.9 Å². The maximum Gasteiger partial charge on any atom is 0.416 e. The number of aliphatic imine (C=N–C) groups is 2.